The lowest BCUT2D eigenvalue weighted by Gasteiger charge is -2.07. The fourth-order valence-electron chi connectivity index (χ4n) is 0.879. The molecule has 0 heterocycles. The van der Waals surface area contributed by atoms with Gasteiger partial charge in [0.2, 0.25) is 0 Å². The Bertz CT molecular complexity index is 137. The van der Waals surface area contributed by atoms with Crippen LogP contribution in [0.5, 0.6) is 0 Å². The first-order chi connectivity index (χ1) is 6.13. The van der Waals surface area contributed by atoms with E-state index in [-0.39, 0.29) is 6.61 Å². The summed E-state index contributed by atoms with van der Waals surface area (Å²) in [6.07, 6.45) is 1.94. The van der Waals surface area contributed by atoms with Crippen LogP contribution in [0.15, 0.2) is 0 Å². The summed E-state index contributed by atoms with van der Waals surface area (Å²) in [6, 6.07) is 0.514. The minimum atomic E-state index is -0.902. The van der Waals surface area contributed by atoms with Gasteiger partial charge in [-0.25, -0.2) is 4.79 Å². The maximum atomic E-state index is 10.0. The molecule has 0 bridgehead atoms. The van der Waals surface area contributed by atoms with Gasteiger partial charge in [-0.15, -0.1) is 0 Å². The van der Waals surface area contributed by atoms with Crippen LogP contribution in [0.4, 0.5) is 0 Å². The largest absolute Gasteiger partial charge is 0.480 e. The van der Waals surface area contributed by atoms with Gasteiger partial charge in [0.25, 0.3) is 0 Å². The number of hydrogen-bond donors (Lipinski definition) is 2. The van der Waals surface area contributed by atoms with Crippen LogP contribution in [-0.2, 0) is 9.53 Å². The van der Waals surface area contributed by atoms with Crippen molar-refractivity contribution >= 4 is 5.97 Å². The molecule has 2 N–H and O–H groups in total. The van der Waals surface area contributed by atoms with E-state index >= 15 is 0 Å². The van der Waals surface area contributed by atoms with E-state index in [9.17, 15) is 4.79 Å². The average molecular weight is 189 g/mol. The Morgan fingerprint density at radius 1 is 1.46 bits per heavy atom. The van der Waals surface area contributed by atoms with Gasteiger partial charge in [0.1, 0.15) is 6.61 Å². The highest BCUT2D eigenvalue weighted by molar-refractivity contribution is 5.67. The van der Waals surface area contributed by atoms with Crippen LogP contribution in [0.1, 0.15) is 26.7 Å². The number of carbonyl (C=O) groups is 1. The second-order valence-corrected chi connectivity index (χ2v) is 3.26. The molecule has 0 aliphatic carbocycles. The fourth-order valence-corrected chi connectivity index (χ4v) is 0.879. The molecule has 0 spiro atoms. The van der Waals surface area contributed by atoms with Gasteiger partial charge in [0, 0.05) is 12.6 Å². The lowest BCUT2D eigenvalue weighted by molar-refractivity contribution is -0.142. The lowest BCUT2D eigenvalue weighted by Crippen LogP contribution is -2.23. The van der Waals surface area contributed by atoms with Crippen LogP contribution in [-0.4, -0.2) is 36.9 Å². The maximum Gasteiger partial charge on any atom is 0.329 e. The topological polar surface area (TPSA) is 58.6 Å². The van der Waals surface area contributed by atoms with Crippen molar-refractivity contribution in [1.82, 2.24) is 5.32 Å². The first-order valence-corrected chi connectivity index (χ1v) is 4.66. The molecule has 0 aromatic carbocycles. The van der Waals surface area contributed by atoms with Gasteiger partial charge in [-0.3, -0.25) is 0 Å². The van der Waals surface area contributed by atoms with E-state index in [0.29, 0.717) is 12.6 Å². The molecule has 13 heavy (non-hydrogen) atoms. The summed E-state index contributed by atoms with van der Waals surface area (Å²) >= 11 is 0. The number of aliphatic carboxylic acids is 1. The summed E-state index contributed by atoms with van der Waals surface area (Å²) in [5, 5.41) is 11.5. The van der Waals surface area contributed by atoms with Gasteiger partial charge in [-0.1, -0.05) is 13.8 Å². The highest BCUT2D eigenvalue weighted by Gasteiger charge is 1.96. The Morgan fingerprint density at radius 3 is 2.69 bits per heavy atom. The SMILES string of the molecule is CC(C)NCCCCOCC(=O)O. The highest BCUT2D eigenvalue weighted by Crippen LogP contribution is 1.89. The summed E-state index contributed by atoms with van der Waals surface area (Å²) in [6.45, 7) is 5.51. The minimum Gasteiger partial charge on any atom is -0.480 e. The molecule has 0 amide bonds. The zero-order valence-electron chi connectivity index (χ0n) is 8.38. The van der Waals surface area contributed by atoms with Gasteiger partial charge >= 0.3 is 5.97 Å². The summed E-state index contributed by atoms with van der Waals surface area (Å²) in [4.78, 5) is 10.0. The number of rotatable bonds is 8. The zero-order valence-corrected chi connectivity index (χ0v) is 8.38. The van der Waals surface area contributed by atoms with Crippen molar-refractivity contribution in [1.29, 1.82) is 0 Å². The first-order valence-electron chi connectivity index (χ1n) is 4.66. The van der Waals surface area contributed by atoms with E-state index < -0.39 is 5.97 Å². The van der Waals surface area contributed by atoms with Crippen molar-refractivity contribution in [2.45, 2.75) is 32.7 Å². The molecule has 78 valence electrons. The molecule has 0 fully saturated rings. The minimum absolute atomic E-state index is 0.183. The maximum absolute atomic E-state index is 10.0. The summed E-state index contributed by atoms with van der Waals surface area (Å²) < 4.78 is 4.87. The van der Waals surface area contributed by atoms with Crippen molar-refractivity contribution < 1.29 is 14.6 Å². The Kier molecular flexibility index (Phi) is 7.63. The zero-order chi connectivity index (χ0) is 10.1. The van der Waals surface area contributed by atoms with E-state index in [1.54, 1.807) is 0 Å². The van der Waals surface area contributed by atoms with Gasteiger partial charge < -0.3 is 15.2 Å². The first kappa shape index (κ1) is 12.4. The Morgan fingerprint density at radius 2 is 2.15 bits per heavy atom. The molecular formula is C9H19NO3. The monoisotopic (exact) mass is 189 g/mol. The molecule has 0 saturated heterocycles. The van der Waals surface area contributed by atoms with E-state index in [0.717, 1.165) is 19.4 Å². The van der Waals surface area contributed by atoms with Crippen molar-refractivity contribution in [3.05, 3.63) is 0 Å². The second-order valence-electron chi connectivity index (χ2n) is 3.26. The lowest BCUT2D eigenvalue weighted by atomic mass is 10.3. The molecule has 0 radical (unpaired) electrons. The molecule has 0 aliphatic heterocycles. The highest BCUT2D eigenvalue weighted by atomic mass is 16.5. The third kappa shape index (κ3) is 11.4. The van der Waals surface area contributed by atoms with E-state index in [2.05, 4.69) is 19.2 Å². The van der Waals surface area contributed by atoms with Gasteiger partial charge in [0.15, 0.2) is 0 Å². The number of hydrogen-bond acceptors (Lipinski definition) is 3. The summed E-state index contributed by atoms with van der Waals surface area (Å²) in [5.41, 5.74) is 0. The Balaban J connectivity index is 2.96. The van der Waals surface area contributed by atoms with Gasteiger partial charge in [0.05, 0.1) is 0 Å². The van der Waals surface area contributed by atoms with Crippen molar-refractivity contribution in [2.75, 3.05) is 19.8 Å². The molecule has 0 saturated carbocycles. The van der Waals surface area contributed by atoms with Gasteiger partial charge in [-0.05, 0) is 19.4 Å². The third-order valence-electron chi connectivity index (χ3n) is 1.49. The summed E-state index contributed by atoms with van der Waals surface area (Å²) in [5.74, 6) is -0.902. The molecule has 0 unspecified atom stereocenters. The van der Waals surface area contributed by atoms with Crippen molar-refractivity contribution in [3.8, 4) is 0 Å². The molecule has 0 atom stereocenters. The van der Waals surface area contributed by atoms with E-state index in [4.69, 9.17) is 9.84 Å². The van der Waals surface area contributed by atoms with Crippen LogP contribution in [0, 0.1) is 0 Å². The predicted octanol–water partition coefficient (Wildman–Crippen LogP) is 0.866. The number of nitrogens with one attached hydrogen (secondary N) is 1. The van der Waals surface area contributed by atoms with Crippen LogP contribution in [0.2, 0.25) is 0 Å². The second kappa shape index (κ2) is 8.01. The smallest absolute Gasteiger partial charge is 0.329 e. The van der Waals surface area contributed by atoms with Crippen LogP contribution in [0.3, 0.4) is 0 Å². The Hall–Kier alpha value is -0.610. The van der Waals surface area contributed by atoms with Crippen LogP contribution < -0.4 is 5.32 Å². The van der Waals surface area contributed by atoms with E-state index in [1.807, 2.05) is 0 Å². The van der Waals surface area contributed by atoms with Crippen LogP contribution >= 0.6 is 0 Å². The van der Waals surface area contributed by atoms with E-state index in [1.165, 1.54) is 0 Å². The summed E-state index contributed by atoms with van der Waals surface area (Å²) in [7, 11) is 0. The quantitative estimate of drug-likeness (QED) is 0.556. The Labute approximate surface area is 79.3 Å². The molecule has 0 aliphatic rings. The van der Waals surface area contributed by atoms with Crippen molar-refractivity contribution in [3.63, 3.8) is 0 Å². The molecule has 0 rings (SSSR count). The predicted molar refractivity (Wildman–Crippen MR) is 50.8 cm³/mol. The molecule has 0 aromatic rings. The molecule has 0 aromatic heterocycles. The number of ether oxygens (including phenoxy) is 1. The third-order valence-corrected chi connectivity index (χ3v) is 1.49. The standard InChI is InChI=1S/C9H19NO3/c1-8(2)10-5-3-4-6-13-7-9(11)12/h8,10H,3-7H2,1-2H3,(H,11,12). The normalized spacial score (nSPS) is 10.7. The van der Waals surface area contributed by atoms with Crippen LogP contribution in [0.25, 0.3) is 0 Å². The number of carboxylic acid groups (broad SMARTS) is 1. The molecular weight excluding hydrogens is 170 g/mol. The molecule has 4 heteroatoms. The van der Waals surface area contributed by atoms with Gasteiger partial charge in [-0.2, -0.15) is 0 Å². The number of carboxylic acids is 1. The number of unbranched alkanes of at least 4 members (excludes halogenated alkanes) is 1. The molecule has 4 nitrogen and oxygen atoms in total. The van der Waals surface area contributed by atoms with Crippen molar-refractivity contribution in [2.24, 2.45) is 0 Å². The fraction of sp³-hybridized carbons (Fsp3) is 0.889. The average Bonchev–Trinajstić information content (AvgIpc) is 2.01.